The first-order valence-corrected chi connectivity index (χ1v) is 7.85. The van der Waals surface area contributed by atoms with Crippen molar-refractivity contribution in [3.8, 4) is 0 Å². The normalized spacial score (nSPS) is 11.3. The van der Waals surface area contributed by atoms with E-state index in [1.165, 1.54) is 38.4 Å². The maximum Gasteiger partial charge on any atom is 0.0492 e. The van der Waals surface area contributed by atoms with Gasteiger partial charge in [-0.3, -0.25) is 0 Å². The number of nitrogens with zero attached hydrogens (tertiary/aromatic N) is 1. The van der Waals surface area contributed by atoms with Crippen LogP contribution in [-0.4, -0.2) is 10.3 Å². The summed E-state index contributed by atoms with van der Waals surface area (Å²) in [4.78, 5) is 0. The van der Waals surface area contributed by atoms with Crippen LogP contribution < -0.4 is 0 Å². The van der Waals surface area contributed by atoms with Gasteiger partial charge in [0.05, 0.1) is 0 Å². The van der Waals surface area contributed by atoms with Gasteiger partial charge >= 0.3 is 0 Å². The molecule has 0 spiro atoms. The molecule has 0 fully saturated rings. The predicted molar refractivity (Wildman–Crippen MR) is 92.3 cm³/mol. The number of hydrogen-bond donors (Lipinski definition) is 1. The first-order chi connectivity index (χ1) is 10.3. The minimum atomic E-state index is 0.550. The number of hydroxylamine groups is 2. The summed E-state index contributed by atoms with van der Waals surface area (Å²) in [5, 5.41) is 11.7. The second kappa shape index (κ2) is 6.64. The van der Waals surface area contributed by atoms with Gasteiger partial charge in [-0.05, 0) is 86.1 Å². The lowest BCUT2D eigenvalue weighted by molar-refractivity contribution is -0.108. The quantitative estimate of drug-likeness (QED) is 0.809. The van der Waals surface area contributed by atoms with E-state index in [0.717, 1.165) is 11.1 Å². The van der Waals surface area contributed by atoms with Gasteiger partial charge in [-0.25, -0.2) is 0 Å². The summed E-state index contributed by atoms with van der Waals surface area (Å²) in [6.07, 6.45) is 0. The van der Waals surface area contributed by atoms with Crippen molar-refractivity contribution in [2.45, 2.75) is 54.6 Å². The van der Waals surface area contributed by atoms with Crippen LogP contribution in [0.25, 0.3) is 0 Å². The Kier molecular flexibility index (Phi) is 5.05. The first-order valence-electron chi connectivity index (χ1n) is 7.85. The Hall–Kier alpha value is -1.64. The zero-order valence-electron chi connectivity index (χ0n) is 14.6. The Morgan fingerprint density at radius 3 is 1.18 bits per heavy atom. The SMILES string of the molecule is Cc1cc(CN(O)Cc2cc(C)c(C)c(C)c2)cc(C)c1C. The maximum atomic E-state index is 10.3. The molecule has 0 saturated heterocycles. The molecule has 0 amide bonds. The third-order valence-electron chi connectivity index (χ3n) is 4.70. The van der Waals surface area contributed by atoms with Gasteiger partial charge in [-0.15, -0.1) is 0 Å². The van der Waals surface area contributed by atoms with Crippen LogP contribution in [0.4, 0.5) is 0 Å². The molecule has 0 saturated carbocycles. The monoisotopic (exact) mass is 297 g/mol. The summed E-state index contributed by atoms with van der Waals surface area (Å²) >= 11 is 0. The smallest absolute Gasteiger partial charge is 0.0492 e. The standard InChI is InChI=1S/C20H27NO/c1-13-7-19(8-14(2)17(13)5)11-21(22)12-20-9-15(3)18(6)16(4)10-20/h7-10,22H,11-12H2,1-6H3. The zero-order valence-corrected chi connectivity index (χ0v) is 14.6. The lowest BCUT2D eigenvalue weighted by Crippen LogP contribution is -2.18. The molecule has 0 aliphatic heterocycles. The van der Waals surface area contributed by atoms with Crippen LogP contribution in [0.1, 0.15) is 44.5 Å². The molecule has 0 aliphatic carbocycles. The molecular formula is C20H27NO. The summed E-state index contributed by atoms with van der Waals surface area (Å²) < 4.78 is 0. The van der Waals surface area contributed by atoms with Crippen LogP contribution in [0.2, 0.25) is 0 Å². The number of aryl methyl sites for hydroxylation is 4. The van der Waals surface area contributed by atoms with Crippen LogP contribution >= 0.6 is 0 Å². The molecule has 0 radical (unpaired) electrons. The molecule has 1 N–H and O–H groups in total. The molecular weight excluding hydrogens is 270 g/mol. The van der Waals surface area contributed by atoms with Crippen LogP contribution in [0.5, 0.6) is 0 Å². The molecule has 2 aromatic carbocycles. The van der Waals surface area contributed by atoms with Crippen LogP contribution in [0, 0.1) is 41.5 Å². The van der Waals surface area contributed by atoms with Crippen LogP contribution in [-0.2, 0) is 13.1 Å². The third-order valence-corrected chi connectivity index (χ3v) is 4.70. The molecule has 2 nitrogen and oxygen atoms in total. The average Bonchev–Trinajstić information content (AvgIpc) is 2.41. The Balaban J connectivity index is 2.12. The number of benzene rings is 2. The van der Waals surface area contributed by atoms with Crippen molar-refractivity contribution in [3.63, 3.8) is 0 Å². The van der Waals surface area contributed by atoms with E-state index >= 15 is 0 Å². The highest BCUT2D eigenvalue weighted by atomic mass is 16.5. The van der Waals surface area contributed by atoms with Crippen molar-refractivity contribution in [1.29, 1.82) is 0 Å². The van der Waals surface area contributed by atoms with E-state index in [9.17, 15) is 5.21 Å². The summed E-state index contributed by atoms with van der Waals surface area (Å²) in [5.74, 6) is 0. The van der Waals surface area contributed by atoms with Crippen LogP contribution in [0.3, 0.4) is 0 Å². The van der Waals surface area contributed by atoms with E-state index in [0.29, 0.717) is 13.1 Å². The molecule has 2 aromatic rings. The third kappa shape index (κ3) is 3.76. The van der Waals surface area contributed by atoms with Crippen molar-refractivity contribution in [2.24, 2.45) is 0 Å². The highest BCUT2D eigenvalue weighted by molar-refractivity contribution is 5.38. The van der Waals surface area contributed by atoms with Gasteiger partial charge in [0, 0.05) is 13.1 Å². The van der Waals surface area contributed by atoms with Crippen LogP contribution in [0.15, 0.2) is 24.3 Å². The van der Waals surface area contributed by atoms with Gasteiger partial charge in [0.25, 0.3) is 0 Å². The van der Waals surface area contributed by atoms with Gasteiger partial charge in [-0.1, -0.05) is 24.3 Å². The summed E-state index contributed by atoms with van der Waals surface area (Å²) in [6.45, 7) is 13.9. The molecule has 118 valence electrons. The highest BCUT2D eigenvalue weighted by Crippen LogP contribution is 2.19. The van der Waals surface area contributed by atoms with Crippen molar-refractivity contribution in [2.75, 3.05) is 0 Å². The van der Waals surface area contributed by atoms with Crippen molar-refractivity contribution >= 4 is 0 Å². The maximum absolute atomic E-state index is 10.3. The second-order valence-electron chi connectivity index (χ2n) is 6.53. The van der Waals surface area contributed by atoms with E-state index in [-0.39, 0.29) is 0 Å². The van der Waals surface area contributed by atoms with Gasteiger partial charge in [-0.2, -0.15) is 5.06 Å². The van der Waals surface area contributed by atoms with E-state index in [1.54, 1.807) is 0 Å². The Morgan fingerprint density at radius 2 is 0.909 bits per heavy atom. The fourth-order valence-corrected chi connectivity index (χ4v) is 2.91. The van der Waals surface area contributed by atoms with Gasteiger partial charge in [0.2, 0.25) is 0 Å². The Bertz CT molecular complexity index is 583. The lowest BCUT2D eigenvalue weighted by Gasteiger charge is -2.18. The molecule has 2 heteroatoms. The van der Waals surface area contributed by atoms with Gasteiger partial charge in [0.1, 0.15) is 0 Å². The highest BCUT2D eigenvalue weighted by Gasteiger charge is 2.08. The van der Waals surface area contributed by atoms with Gasteiger partial charge in [0.15, 0.2) is 0 Å². The molecule has 0 atom stereocenters. The minimum absolute atomic E-state index is 0.550. The second-order valence-corrected chi connectivity index (χ2v) is 6.53. The van der Waals surface area contributed by atoms with E-state index in [1.807, 2.05) is 0 Å². The largest absolute Gasteiger partial charge is 0.313 e. The summed E-state index contributed by atoms with van der Waals surface area (Å²) in [6, 6.07) is 8.66. The summed E-state index contributed by atoms with van der Waals surface area (Å²) in [7, 11) is 0. The molecule has 0 unspecified atom stereocenters. The summed E-state index contributed by atoms with van der Waals surface area (Å²) in [5.41, 5.74) is 10.1. The minimum Gasteiger partial charge on any atom is -0.313 e. The Labute approximate surface area is 134 Å². The van der Waals surface area contributed by atoms with Crippen molar-refractivity contribution in [1.82, 2.24) is 5.06 Å². The molecule has 22 heavy (non-hydrogen) atoms. The van der Waals surface area contributed by atoms with E-state index < -0.39 is 0 Å². The topological polar surface area (TPSA) is 23.5 Å². The van der Waals surface area contributed by atoms with Crippen molar-refractivity contribution in [3.05, 3.63) is 68.8 Å². The number of hydrogen-bond acceptors (Lipinski definition) is 2. The zero-order chi connectivity index (χ0) is 16.4. The van der Waals surface area contributed by atoms with E-state index in [2.05, 4.69) is 65.8 Å². The molecule has 2 rings (SSSR count). The fourth-order valence-electron chi connectivity index (χ4n) is 2.91. The first kappa shape index (κ1) is 16.7. The predicted octanol–water partition coefficient (Wildman–Crippen LogP) is 4.93. The lowest BCUT2D eigenvalue weighted by atomic mass is 9.99. The number of rotatable bonds is 4. The molecule has 0 heterocycles. The molecule has 0 aliphatic rings. The average molecular weight is 297 g/mol. The fraction of sp³-hybridized carbons (Fsp3) is 0.400. The molecule has 0 aromatic heterocycles. The van der Waals surface area contributed by atoms with E-state index in [4.69, 9.17) is 0 Å². The molecule has 0 bridgehead atoms. The Morgan fingerprint density at radius 1 is 0.636 bits per heavy atom. The van der Waals surface area contributed by atoms with Crippen molar-refractivity contribution < 1.29 is 5.21 Å². The van der Waals surface area contributed by atoms with Gasteiger partial charge < -0.3 is 5.21 Å².